The summed E-state index contributed by atoms with van der Waals surface area (Å²) in [5.74, 6) is 0.236. The second-order valence-electron chi connectivity index (χ2n) is 9.86. The van der Waals surface area contributed by atoms with Crippen LogP contribution in [-0.2, 0) is 22.7 Å². The van der Waals surface area contributed by atoms with Gasteiger partial charge in [0, 0.05) is 31.6 Å². The van der Waals surface area contributed by atoms with Crippen molar-refractivity contribution in [3.05, 3.63) is 32.3 Å². The Morgan fingerprint density at radius 1 is 1.09 bits per heavy atom. The van der Waals surface area contributed by atoms with Gasteiger partial charge in [-0.1, -0.05) is 6.92 Å². The summed E-state index contributed by atoms with van der Waals surface area (Å²) in [4.78, 5) is 53.9. The second-order valence-corrected chi connectivity index (χ2v) is 10.8. The Hall–Kier alpha value is -2.42. The van der Waals surface area contributed by atoms with Gasteiger partial charge in [-0.25, -0.2) is 4.79 Å². The van der Waals surface area contributed by atoms with Crippen molar-refractivity contribution in [2.24, 2.45) is 11.8 Å². The van der Waals surface area contributed by atoms with Crippen molar-refractivity contribution >= 4 is 33.4 Å². The quantitative estimate of drug-likeness (QED) is 0.648. The number of carbonyl (C=O) groups is 2. The molecule has 0 aromatic carbocycles. The molecule has 186 valence electrons. The minimum Gasteiger partial charge on any atom is -0.356 e. The second kappa shape index (κ2) is 10.9. The predicted molar refractivity (Wildman–Crippen MR) is 134 cm³/mol. The van der Waals surface area contributed by atoms with E-state index in [1.807, 2.05) is 11.8 Å². The maximum atomic E-state index is 13.5. The van der Waals surface area contributed by atoms with Crippen LogP contribution in [0.1, 0.15) is 65.2 Å². The van der Waals surface area contributed by atoms with Crippen LogP contribution in [0.2, 0.25) is 0 Å². The molecule has 8 nitrogen and oxygen atoms in total. The van der Waals surface area contributed by atoms with E-state index in [0.29, 0.717) is 23.3 Å². The maximum Gasteiger partial charge on any atom is 0.332 e. The van der Waals surface area contributed by atoms with E-state index < -0.39 is 5.69 Å². The van der Waals surface area contributed by atoms with Crippen molar-refractivity contribution in [1.29, 1.82) is 0 Å². The van der Waals surface area contributed by atoms with E-state index in [1.165, 1.54) is 20.5 Å². The van der Waals surface area contributed by atoms with Gasteiger partial charge in [0.15, 0.2) is 0 Å². The lowest BCUT2D eigenvalue weighted by atomic mass is 9.81. The summed E-state index contributed by atoms with van der Waals surface area (Å²) in [5.41, 5.74) is -0.129. The molecule has 2 aliphatic rings. The predicted octanol–water partition coefficient (Wildman–Crippen LogP) is 2.96. The van der Waals surface area contributed by atoms with E-state index in [1.54, 1.807) is 11.4 Å². The van der Waals surface area contributed by atoms with Crippen molar-refractivity contribution in [3.8, 4) is 0 Å². The van der Waals surface area contributed by atoms with Crippen LogP contribution in [0.3, 0.4) is 0 Å². The average Bonchev–Trinajstić information content (AvgIpc) is 3.33. The standard InChI is InChI=1S/C25H36N4O4S/c1-3-12-26-23(31)19-9-7-18(8-10-19)15-29-24(32)22-20(11-14-34-22)28(25(29)33)16-21(30)27-13-5-4-6-17(27)2/h11,14,17-19H,3-10,12-13,15-16H2,1-2H3,(H,26,31)/t17-,18?,19?/m1/s1. The Balaban J connectivity index is 1.53. The van der Waals surface area contributed by atoms with E-state index >= 15 is 0 Å². The van der Waals surface area contributed by atoms with Gasteiger partial charge in [0.1, 0.15) is 11.2 Å². The van der Waals surface area contributed by atoms with Gasteiger partial charge in [-0.3, -0.25) is 23.5 Å². The lowest BCUT2D eigenvalue weighted by molar-refractivity contribution is -0.135. The zero-order chi connectivity index (χ0) is 24.2. The summed E-state index contributed by atoms with van der Waals surface area (Å²) in [7, 11) is 0. The maximum absolute atomic E-state index is 13.5. The molecule has 1 atom stereocenters. The van der Waals surface area contributed by atoms with Crippen LogP contribution in [0.15, 0.2) is 21.0 Å². The summed E-state index contributed by atoms with van der Waals surface area (Å²) in [6.45, 7) is 5.80. The average molecular weight is 489 g/mol. The van der Waals surface area contributed by atoms with E-state index in [-0.39, 0.29) is 41.8 Å². The van der Waals surface area contributed by atoms with Crippen molar-refractivity contribution in [1.82, 2.24) is 19.4 Å². The van der Waals surface area contributed by atoms with Crippen LogP contribution in [-0.4, -0.2) is 45.0 Å². The third-order valence-corrected chi connectivity index (χ3v) is 8.35. The monoisotopic (exact) mass is 488 g/mol. The SMILES string of the molecule is CCCNC(=O)C1CCC(Cn2c(=O)c3sccc3n(CC(=O)N3CCCC[C@H]3C)c2=O)CC1. The van der Waals surface area contributed by atoms with Gasteiger partial charge in [0.25, 0.3) is 5.56 Å². The number of likely N-dealkylation sites (tertiary alicyclic amines) is 1. The van der Waals surface area contributed by atoms with Gasteiger partial charge in [-0.05, 0) is 75.7 Å². The van der Waals surface area contributed by atoms with Gasteiger partial charge < -0.3 is 10.2 Å². The molecule has 0 spiro atoms. The highest BCUT2D eigenvalue weighted by molar-refractivity contribution is 7.17. The molecule has 0 unspecified atom stereocenters. The number of hydrogen-bond donors (Lipinski definition) is 1. The number of aromatic nitrogens is 2. The van der Waals surface area contributed by atoms with Gasteiger partial charge >= 0.3 is 5.69 Å². The molecule has 1 saturated carbocycles. The smallest absolute Gasteiger partial charge is 0.332 e. The molecule has 2 fully saturated rings. The Morgan fingerprint density at radius 2 is 1.85 bits per heavy atom. The molecule has 2 aromatic heterocycles. The lowest BCUT2D eigenvalue weighted by Gasteiger charge is -2.33. The minimum absolute atomic E-state index is 0.0140. The van der Waals surface area contributed by atoms with Crippen LogP contribution in [0.4, 0.5) is 0 Å². The highest BCUT2D eigenvalue weighted by Gasteiger charge is 2.28. The number of nitrogens with one attached hydrogen (secondary N) is 1. The summed E-state index contributed by atoms with van der Waals surface area (Å²) in [5, 5.41) is 4.78. The van der Waals surface area contributed by atoms with E-state index in [4.69, 9.17) is 0 Å². The topological polar surface area (TPSA) is 93.4 Å². The summed E-state index contributed by atoms with van der Waals surface area (Å²) >= 11 is 1.32. The summed E-state index contributed by atoms with van der Waals surface area (Å²) < 4.78 is 3.33. The molecule has 34 heavy (non-hydrogen) atoms. The first-order valence-corrected chi connectivity index (χ1v) is 13.6. The van der Waals surface area contributed by atoms with Gasteiger partial charge in [-0.2, -0.15) is 0 Å². The fourth-order valence-electron chi connectivity index (χ4n) is 5.40. The van der Waals surface area contributed by atoms with Crippen molar-refractivity contribution in [2.45, 2.75) is 84.3 Å². The van der Waals surface area contributed by atoms with Gasteiger partial charge in [0.05, 0.1) is 5.52 Å². The van der Waals surface area contributed by atoms with Gasteiger partial charge in [0.2, 0.25) is 11.8 Å². The Kier molecular flexibility index (Phi) is 7.91. The third kappa shape index (κ3) is 5.14. The van der Waals surface area contributed by atoms with E-state index in [9.17, 15) is 19.2 Å². The third-order valence-electron chi connectivity index (χ3n) is 7.46. The van der Waals surface area contributed by atoms with E-state index in [0.717, 1.165) is 57.9 Å². The molecule has 1 saturated heterocycles. The number of piperidine rings is 1. The molecule has 0 bridgehead atoms. The summed E-state index contributed by atoms with van der Waals surface area (Å²) in [6, 6.07) is 1.94. The molecule has 1 aliphatic carbocycles. The van der Waals surface area contributed by atoms with Crippen LogP contribution in [0.25, 0.3) is 10.2 Å². The molecule has 2 aromatic rings. The normalized spacial score (nSPS) is 23.2. The Morgan fingerprint density at radius 3 is 2.56 bits per heavy atom. The van der Waals surface area contributed by atoms with Gasteiger partial charge in [-0.15, -0.1) is 11.3 Å². The molecule has 9 heteroatoms. The van der Waals surface area contributed by atoms with Crippen LogP contribution in [0, 0.1) is 11.8 Å². The zero-order valence-electron chi connectivity index (χ0n) is 20.3. The highest BCUT2D eigenvalue weighted by Crippen LogP contribution is 2.30. The van der Waals surface area contributed by atoms with Crippen molar-refractivity contribution in [2.75, 3.05) is 13.1 Å². The number of thiophene rings is 1. The first-order valence-electron chi connectivity index (χ1n) is 12.7. The number of fused-ring (bicyclic) bond motifs is 1. The van der Waals surface area contributed by atoms with Crippen molar-refractivity contribution in [3.63, 3.8) is 0 Å². The lowest BCUT2D eigenvalue weighted by Crippen LogP contribution is -2.47. The molecule has 1 N–H and O–H groups in total. The van der Waals surface area contributed by atoms with Crippen LogP contribution >= 0.6 is 11.3 Å². The number of carbonyl (C=O) groups excluding carboxylic acids is 2. The molecule has 0 radical (unpaired) electrons. The Labute approximate surface area is 203 Å². The van der Waals surface area contributed by atoms with Crippen LogP contribution in [0.5, 0.6) is 0 Å². The fourth-order valence-corrected chi connectivity index (χ4v) is 6.24. The molecular formula is C25H36N4O4S. The first kappa shape index (κ1) is 24.7. The molecule has 1 aliphatic heterocycles. The summed E-state index contributed by atoms with van der Waals surface area (Å²) in [6.07, 6.45) is 7.16. The van der Waals surface area contributed by atoms with Crippen molar-refractivity contribution < 1.29 is 9.59 Å². The molecular weight excluding hydrogens is 452 g/mol. The van der Waals surface area contributed by atoms with Crippen LogP contribution < -0.4 is 16.6 Å². The minimum atomic E-state index is -0.406. The highest BCUT2D eigenvalue weighted by atomic mass is 32.1. The molecule has 2 amide bonds. The number of amides is 2. The number of nitrogens with zero attached hydrogens (tertiary/aromatic N) is 3. The zero-order valence-corrected chi connectivity index (χ0v) is 21.1. The largest absolute Gasteiger partial charge is 0.356 e. The first-order chi connectivity index (χ1) is 16.4. The fraction of sp³-hybridized carbons (Fsp3) is 0.680. The number of hydrogen-bond acceptors (Lipinski definition) is 5. The molecule has 3 heterocycles. The Bertz CT molecular complexity index is 1140. The number of rotatable bonds is 7. The molecule has 4 rings (SSSR count). The van der Waals surface area contributed by atoms with E-state index in [2.05, 4.69) is 12.2 Å².